The van der Waals surface area contributed by atoms with Crippen LogP contribution in [0.5, 0.6) is 0 Å². The number of hydrogen-bond donors (Lipinski definition) is 1. The minimum atomic E-state index is 0.198. The highest BCUT2D eigenvalue weighted by atomic mass is 16.2. The van der Waals surface area contributed by atoms with E-state index in [1.165, 1.54) is 24.8 Å². The number of carbonyl (C=O) groups is 1. The molecule has 1 aliphatic heterocycles. The molecule has 1 N–H and O–H groups in total. The van der Waals surface area contributed by atoms with Gasteiger partial charge >= 0.3 is 0 Å². The first-order valence-electron chi connectivity index (χ1n) is 10.4. The Kier molecular flexibility index (Phi) is 6.92. The molecule has 0 saturated carbocycles. The van der Waals surface area contributed by atoms with Gasteiger partial charge in [-0.2, -0.15) is 0 Å². The molecule has 1 aliphatic rings. The van der Waals surface area contributed by atoms with Gasteiger partial charge in [-0.1, -0.05) is 69.0 Å². The van der Waals surface area contributed by atoms with Crippen LogP contribution in [0.3, 0.4) is 0 Å². The monoisotopic (exact) mass is 364 g/mol. The summed E-state index contributed by atoms with van der Waals surface area (Å²) in [6.07, 6.45) is 7.47. The summed E-state index contributed by atoms with van der Waals surface area (Å²) in [5, 5.41) is 3.66. The first-order valence-corrected chi connectivity index (χ1v) is 10.4. The highest BCUT2D eigenvalue weighted by Crippen LogP contribution is 2.39. The number of rotatable bonds is 8. The van der Waals surface area contributed by atoms with Crippen LogP contribution in [0.25, 0.3) is 0 Å². The molecular weight excluding hydrogens is 332 g/mol. The number of unbranched alkanes of at least 4 members (excludes halogenated alkanes) is 4. The highest BCUT2D eigenvalue weighted by molar-refractivity contribution is 5.95. The van der Waals surface area contributed by atoms with Crippen LogP contribution in [-0.4, -0.2) is 11.9 Å². The lowest BCUT2D eigenvalue weighted by atomic mass is 9.91. The molecule has 144 valence electrons. The summed E-state index contributed by atoms with van der Waals surface area (Å²) in [6.45, 7) is 4.39. The SMILES string of the molecule is CCCCCCCC(=O)N1c2ccccc2C(Nc2ccccc2)CC1C. The smallest absolute Gasteiger partial charge is 0.227 e. The van der Waals surface area contributed by atoms with E-state index in [-0.39, 0.29) is 18.0 Å². The van der Waals surface area contributed by atoms with Crippen LogP contribution in [0.15, 0.2) is 54.6 Å². The van der Waals surface area contributed by atoms with Crippen molar-refractivity contribution in [2.75, 3.05) is 10.2 Å². The third-order valence-electron chi connectivity index (χ3n) is 5.47. The first-order chi connectivity index (χ1) is 13.2. The molecule has 2 unspecified atom stereocenters. The molecule has 0 saturated heterocycles. The van der Waals surface area contributed by atoms with Crippen molar-refractivity contribution in [2.45, 2.75) is 70.9 Å². The second-order valence-corrected chi connectivity index (χ2v) is 7.63. The van der Waals surface area contributed by atoms with E-state index in [0.717, 1.165) is 30.6 Å². The largest absolute Gasteiger partial charge is 0.378 e. The molecule has 2 atom stereocenters. The Hall–Kier alpha value is -2.29. The third kappa shape index (κ3) is 4.91. The molecule has 2 aromatic carbocycles. The summed E-state index contributed by atoms with van der Waals surface area (Å²) in [5.41, 5.74) is 3.42. The zero-order valence-electron chi connectivity index (χ0n) is 16.7. The lowest BCUT2D eigenvalue weighted by molar-refractivity contribution is -0.119. The Labute approximate surface area is 163 Å². The predicted molar refractivity (Wildman–Crippen MR) is 114 cm³/mol. The van der Waals surface area contributed by atoms with E-state index >= 15 is 0 Å². The number of para-hydroxylation sites is 2. The van der Waals surface area contributed by atoms with E-state index in [4.69, 9.17) is 0 Å². The molecule has 0 bridgehead atoms. The summed E-state index contributed by atoms with van der Waals surface area (Å²) in [7, 11) is 0. The molecular formula is C24H32N2O. The summed E-state index contributed by atoms with van der Waals surface area (Å²) < 4.78 is 0. The van der Waals surface area contributed by atoms with Crippen molar-refractivity contribution in [2.24, 2.45) is 0 Å². The zero-order valence-corrected chi connectivity index (χ0v) is 16.7. The fraction of sp³-hybridized carbons (Fsp3) is 0.458. The maximum Gasteiger partial charge on any atom is 0.227 e. The average Bonchev–Trinajstić information content (AvgIpc) is 2.68. The van der Waals surface area contributed by atoms with Gasteiger partial charge in [-0.05, 0) is 43.5 Å². The Morgan fingerprint density at radius 2 is 1.70 bits per heavy atom. The fourth-order valence-corrected chi connectivity index (χ4v) is 4.07. The van der Waals surface area contributed by atoms with Crippen LogP contribution in [0.1, 0.15) is 70.4 Å². The van der Waals surface area contributed by atoms with Gasteiger partial charge in [-0.25, -0.2) is 0 Å². The first kappa shape index (κ1) is 19.5. The number of fused-ring (bicyclic) bond motifs is 1. The van der Waals surface area contributed by atoms with Crippen LogP contribution < -0.4 is 10.2 Å². The lowest BCUT2D eigenvalue weighted by Gasteiger charge is -2.40. The molecule has 3 nitrogen and oxygen atoms in total. The van der Waals surface area contributed by atoms with Crippen molar-refractivity contribution in [3.8, 4) is 0 Å². The van der Waals surface area contributed by atoms with Gasteiger partial charge < -0.3 is 10.2 Å². The van der Waals surface area contributed by atoms with E-state index in [0.29, 0.717) is 6.42 Å². The van der Waals surface area contributed by atoms with Crippen molar-refractivity contribution >= 4 is 17.3 Å². The van der Waals surface area contributed by atoms with E-state index in [9.17, 15) is 4.79 Å². The minimum Gasteiger partial charge on any atom is -0.378 e. The van der Waals surface area contributed by atoms with Gasteiger partial charge in [-0.15, -0.1) is 0 Å². The maximum atomic E-state index is 13.0. The number of hydrogen-bond acceptors (Lipinski definition) is 2. The van der Waals surface area contributed by atoms with Gasteiger partial charge in [0, 0.05) is 23.8 Å². The lowest BCUT2D eigenvalue weighted by Crippen LogP contribution is -2.44. The number of anilines is 2. The van der Waals surface area contributed by atoms with Crippen molar-refractivity contribution in [3.05, 3.63) is 60.2 Å². The molecule has 0 aliphatic carbocycles. The minimum absolute atomic E-state index is 0.198. The standard InChI is InChI=1S/C24H32N2O/c1-3-4-5-6-10-17-24(27)26-19(2)18-22(21-15-11-12-16-23(21)26)25-20-13-8-7-9-14-20/h7-9,11-16,19,22,25H,3-6,10,17-18H2,1-2H3. The van der Waals surface area contributed by atoms with Gasteiger partial charge in [0.05, 0.1) is 6.04 Å². The fourth-order valence-electron chi connectivity index (χ4n) is 4.07. The van der Waals surface area contributed by atoms with Crippen molar-refractivity contribution in [1.29, 1.82) is 0 Å². The molecule has 2 aromatic rings. The number of benzene rings is 2. The Balaban J connectivity index is 1.72. The van der Waals surface area contributed by atoms with Crippen molar-refractivity contribution in [1.82, 2.24) is 0 Å². The molecule has 27 heavy (non-hydrogen) atoms. The normalized spacial score (nSPS) is 18.8. The van der Waals surface area contributed by atoms with E-state index < -0.39 is 0 Å². The van der Waals surface area contributed by atoms with Gasteiger partial charge in [0.1, 0.15) is 0 Å². The quantitative estimate of drug-likeness (QED) is 0.555. The van der Waals surface area contributed by atoms with Gasteiger partial charge in [0.25, 0.3) is 0 Å². The zero-order chi connectivity index (χ0) is 19.1. The van der Waals surface area contributed by atoms with E-state index in [1.807, 2.05) is 17.0 Å². The summed E-state index contributed by atoms with van der Waals surface area (Å²) >= 11 is 0. The summed E-state index contributed by atoms with van der Waals surface area (Å²) in [4.78, 5) is 15.0. The second kappa shape index (κ2) is 9.59. The Morgan fingerprint density at radius 1 is 1.00 bits per heavy atom. The van der Waals surface area contributed by atoms with Crippen LogP contribution in [0, 0.1) is 0 Å². The third-order valence-corrected chi connectivity index (χ3v) is 5.47. The van der Waals surface area contributed by atoms with Crippen molar-refractivity contribution < 1.29 is 4.79 Å². The number of nitrogens with one attached hydrogen (secondary N) is 1. The maximum absolute atomic E-state index is 13.0. The summed E-state index contributed by atoms with van der Waals surface area (Å²) in [6, 6.07) is 19.1. The molecule has 0 fully saturated rings. The molecule has 0 radical (unpaired) electrons. The van der Waals surface area contributed by atoms with Crippen LogP contribution >= 0.6 is 0 Å². The molecule has 0 spiro atoms. The van der Waals surface area contributed by atoms with Crippen LogP contribution in [-0.2, 0) is 4.79 Å². The van der Waals surface area contributed by atoms with E-state index in [2.05, 4.69) is 61.6 Å². The van der Waals surface area contributed by atoms with Gasteiger partial charge in [0.15, 0.2) is 0 Å². The number of carbonyl (C=O) groups excluding carboxylic acids is 1. The summed E-state index contributed by atoms with van der Waals surface area (Å²) in [5.74, 6) is 0.268. The Morgan fingerprint density at radius 3 is 2.48 bits per heavy atom. The molecule has 1 amide bonds. The topological polar surface area (TPSA) is 32.3 Å². The second-order valence-electron chi connectivity index (χ2n) is 7.63. The molecule has 3 heteroatoms. The number of amides is 1. The van der Waals surface area contributed by atoms with Gasteiger partial charge in [-0.3, -0.25) is 4.79 Å². The molecule has 1 heterocycles. The van der Waals surface area contributed by atoms with Crippen LogP contribution in [0.2, 0.25) is 0 Å². The van der Waals surface area contributed by atoms with E-state index in [1.54, 1.807) is 0 Å². The number of nitrogens with zero attached hydrogens (tertiary/aromatic N) is 1. The van der Waals surface area contributed by atoms with Gasteiger partial charge in [0.2, 0.25) is 5.91 Å². The predicted octanol–water partition coefficient (Wildman–Crippen LogP) is 6.33. The van der Waals surface area contributed by atoms with Crippen LogP contribution in [0.4, 0.5) is 11.4 Å². The molecule has 0 aromatic heterocycles. The average molecular weight is 365 g/mol. The van der Waals surface area contributed by atoms with Crippen molar-refractivity contribution in [3.63, 3.8) is 0 Å². The molecule has 3 rings (SSSR count). The Bertz CT molecular complexity index is 728. The highest BCUT2D eigenvalue weighted by Gasteiger charge is 2.33.